The van der Waals surface area contributed by atoms with Crippen molar-refractivity contribution in [2.75, 3.05) is 0 Å². The van der Waals surface area contributed by atoms with Crippen LogP contribution in [0.15, 0.2) is 33.8 Å². The molecule has 6 heteroatoms. The van der Waals surface area contributed by atoms with Gasteiger partial charge in [0.2, 0.25) is 5.78 Å². The zero-order chi connectivity index (χ0) is 16.6. The van der Waals surface area contributed by atoms with E-state index in [0.717, 1.165) is 0 Å². The van der Waals surface area contributed by atoms with Crippen molar-refractivity contribution < 1.29 is 18.8 Å². The van der Waals surface area contributed by atoms with E-state index < -0.39 is 5.97 Å². The van der Waals surface area contributed by atoms with E-state index in [1.54, 1.807) is 25.1 Å². The number of aromatic nitrogens is 1. The summed E-state index contributed by atoms with van der Waals surface area (Å²) in [6, 6.07) is 7.08. The number of hydrogen-bond donors (Lipinski definition) is 0. The molecule has 118 valence electrons. The highest BCUT2D eigenvalue weighted by Gasteiger charge is 2.34. The van der Waals surface area contributed by atoms with E-state index >= 15 is 0 Å². The quantitative estimate of drug-likeness (QED) is 0.641. The molecular formula is C17H16N2O4. The minimum absolute atomic E-state index is 0.00356. The molecule has 1 aromatic heterocycles. The van der Waals surface area contributed by atoms with Gasteiger partial charge in [0.25, 0.3) is 0 Å². The van der Waals surface area contributed by atoms with Crippen LogP contribution in [0.1, 0.15) is 55.1 Å². The molecule has 1 aliphatic carbocycles. The topological polar surface area (TPSA) is 81.8 Å². The number of fused-ring (bicyclic) bond motifs is 3. The number of rotatable bonds is 3. The van der Waals surface area contributed by atoms with Crippen molar-refractivity contribution in [1.29, 1.82) is 0 Å². The highest BCUT2D eigenvalue weighted by Crippen LogP contribution is 2.35. The molecule has 1 aromatic carbocycles. The van der Waals surface area contributed by atoms with E-state index in [0.29, 0.717) is 28.5 Å². The zero-order valence-electron chi connectivity index (χ0n) is 13.1. The van der Waals surface area contributed by atoms with Crippen LogP contribution in [0.5, 0.6) is 0 Å². The third kappa shape index (κ3) is 2.56. The molecule has 3 rings (SSSR count). The van der Waals surface area contributed by atoms with Crippen LogP contribution in [0, 0.1) is 0 Å². The van der Waals surface area contributed by atoms with Crippen molar-refractivity contribution in [3.8, 4) is 11.3 Å². The molecule has 0 fully saturated rings. The van der Waals surface area contributed by atoms with Gasteiger partial charge < -0.3 is 9.25 Å². The van der Waals surface area contributed by atoms with Crippen molar-refractivity contribution in [1.82, 2.24) is 4.98 Å². The molecule has 2 aromatic rings. The van der Waals surface area contributed by atoms with Crippen molar-refractivity contribution in [3.05, 3.63) is 41.4 Å². The molecule has 0 spiro atoms. The van der Waals surface area contributed by atoms with Crippen LogP contribution in [0.2, 0.25) is 0 Å². The molecule has 23 heavy (non-hydrogen) atoms. The van der Waals surface area contributed by atoms with Crippen LogP contribution in [0.25, 0.3) is 11.3 Å². The van der Waals surface area contributed by atoms with Crippen molar-refractivity contribution in [2.45, 2.75) is 33.1 Å². The van der Waals surface area contributed by atoms with E-state index in [2.05, 4.69) is 10.1 Å². The van der Waals surface area contributed by atoms with Crippen LogP contribution in [0.4, 0.5) is 0 Å². The Morgan fingerprint density at radius 1 is 1.30 bits per heavy atom. The number of oxazole rings is 1. The van der Waals surface area contributed by atoms with E-state index in [1.165, 1.54) is 0 Å². The summed E-state index contributed by atoms with van der Waals surface area (Å²) in [7, 11) is 0. The first kappa shape index (κ1) is 15.1. The summed E-state index contributed by atoms with van der Waals surface area (Å²) in [5.41, 5.74) is 1.45. The van der Waals surface area contributed by atoms with Gasteiger partial charge in [-0.25, -0.2) is 9.78 Å². The van der Waals surface area contributed by atoms with Gasteiger partial charge in [-0.1, -0.05) is 50.2 Å². The number of nitrogens with zero attached hydrogens (tertiary/aromatic N) is 2. The molecule has 1 heterocycles. The fraction of sp³-hybridized carbons (Fsp3) is 0.294. The molecule has 0 N–H and O–H groups in total. The third-order valence-electron chi connectivity index (χ3n) is 3.52. The fourth-order valence-corrected chi connectivity index (χ4v) is 2.29. The molecule has 0 amide bonds. The minimum atomic E-state index is -0.515. The smallest absolute Gasteiger partial charge is 0.334 e. The molecule has 0 radical (unpaired) electrons. The van der Waals surface area contributed by atoms with Crippen molar-refractivity contribution >= 4 is 17.5 Å². The number of carbonyl (C=O) groups is 2. The summed E-state index contributed by atoms with van der Waals surface area (Å²) in [5.74, 6) is 0.199. The maximum atomic E-state index is 12.7. The molecule has 0 saturated carbocycles. The van der Waals surface area contributed by atoms with E-state index in [1.807, 2.05) is 19.9 Å². The molecule has 1 aliphatic rings. The van der Waals surface area contributed by atoms with Crippen LogP contribution in [-0.2, 0) is 9.63 Å². The number of ketones is 1. The zero-order valence-corrected chi connectivity index (χ0v) is 13.1. The highest BCUT2D eigenvalue weighted by molar-refractivity contribution is 6.54. The Hall–Kier alpha value is -2.76. The molecular weight excluding hydrogens is 296 g/mol. The standard InChI is InChI=1S/C17H16N2O4/c1-4-12(20)23-19-13-14-16(22-17(18-14)9(2)3)11-8-6-5-7-10(11)15(13)21/h5-9H,4H2,1-3H3. The largest absolute Gasteiger partial charge is 0.440 e. The summed E-state index contributed by atoms with van der Waals surface area (Å²) >= 11 is 0. The highest BCUT2D eigenvalue weighted by atomic mass is 16.7. The predicted octanol–water partition coefficient (Wildman–Crippen LogP) is 3.32. The normalized spacial score (nSPS) is 14.8. The second kappa shape index (κ2) is 5.79. The summed E-state index contributed by atoms with van der Waals surface area (Å²) in [6.45, 7) is 5.54. The van der Waals surface area contributed by atoms with Crippen molar-refractivity contribution in [2.24, 2.45) is 5.16 Å². The number of oxime groups is 1. The average Bonchev–Trinajstić information content (AvgIpc) is 3.00. The van der Waals surface area contributed by atoms with Gasteiger partial charge in [-0.2, -0.15) is 0 Å². The first-order valence-corrected chi connectivity index (χ1v) is 7.46. The molecule has 0 atom stereocenters. The van der Waals surface area contributed by atoms with Crippen LogP contribution in [-0.4, -0.2) is 22.4 Å². The Labute approximate surface area is 133 Å². The number of hydrogen-bond acceptors (Lipinski definition) is 6. The van der Waals surface area contributed by atoms with Crippen LogP contribution < -0.4 is 0 Å². The SMILES string of the molecule is CCC(=O)ON=C1C(=O)c2ccccc2-c2oc(C(C)C)nc21. The second-order valence-electron chi connectivity index (χ2n) is 5.52. The fourth-order valence-electron chi connectivity index (χ4n) is 2.29. The van der Waals surface area contributed by atoms with Gasteiger partial charge in [0.1, 0.15) is 5.69 Å². The predicted molar refractivity (Wildman–Crippen MR) is 83.3 cm³/mol. The van der Waals surface area contributed by atoms with Gasteiger partial charge in [0.15, 0.2) is 17.4 Å². The summed E-state index contributed by atoms with van der Waals surface area (Å²) in [4.78, 5) is 33.2. The Kier molecular flexibility index (Phi) is 3.82. The van der Waals surface area contributed by atoms with Gasteiger partial charge in [-0.15, -0.1) is 0 Å². The maximum absolute atomic E-state index is 12.7. The monoisotopic (exact) mass is 312 g/mol. The molecule has 0 unspecified atom stereocenters. The van der Waals surface area contributed by atoms with E-state index in [-0.39, 0.29) is 23.8 Å². The molecule has 0 bridgehead atoms. The second-order valence-corrected chi connectivity index (χ2v) is 5.52. The Morgan fingerprint density at radius 2 is 2.00 bits per heavy atom. The van der Waals surface area contributed by atoms with E-state index in [4.69, 9.17) is 9.25 Å². The van der Waals surface area contributed by atoms with Crippen LogP contribution >= 0.6 is 0 Å². The first-order chi connectivity index (χ1) is 11.0. The lowest BCUT2D eigenvalue weighted by atomic mass is 9.90. The van der Waals surface area contributed by atoms with Gasteiger partial charge in [-0.05, 0) is 0 Å². The number of Topliss-reactive ketones (excluding diaryl/α,β-unsaturated/α-hetero) is 1. The average molecular weight is 312 g/mol. The minimum Gasteiger partial charge on any atom is -0.440 e. The lowest BCUT2D eigenvalue weighted by Crippen LogP contribution is -2.23. The van der Waals surface area contributed by atoms with Gasteiger partial charge in [0.05, 0.1) is 0 Å². The lowest BCUT2D eigenvalue weighted by molar-refractivity contribution is -0.143. The number of benzene rings is 1. The maximum Gasteiger partial charge on any atom is 0.334 e. The van der Waals surface area contributed by atoms with Crippen LogP contribution in [0.3, 0.4) is 0 Å². The molecule has 6 nitrogen and oxygen atoms in total. The summed E-state index contributed by atoms with van der Waals surface area (Å²) in [6.07, 6.45) is 0.171. The third-order valence-corrected chi connectivity index (χ3v) is 3.52. The lowest BCUT2D eigenvalue weighted by Gasteiger charge is -2.13. The Bertz CT molecular complexity index is 818. The molecule has 0 saturated heterocycles. The Morgan fingerprint density at radius 3 is 2.65 bits per heavy atom. The number of carbonyl (C=O) groups excluding carboxylic acids is 2. The van der Waals surface area contributed by atoms with Gasteiger partial charge >= 0.3 is 5.97 Å². The summed E-state index contributed by atoms with van der Waals surface area (Å²) < 4.78 is 5.82. The molecule has 0 aliphatic heterocycles. The first-order valence-electron chi connectivity index (χ1n) is 7.46. The van der Waals surface area contributed by atoms with Gasteiger partial charge in [0, 0.05) is 23.5 Å². The van der Waals surface area contributed by atoms with Crippen molar-refractivity contribution in [3.63, 3.8) is 0 Å². The van der Waals surface area contributed by atoms with Gasteiger partial charge in [-0.3, -0.25) is 4.79 Å². The summed E-state index contributed by atoms with van der Waals surface area (Å²) in [5, 5.41) is 3.74. The Balaban J connectivity index is 2.17. The van der Waals surface area contributed by atoms with E-state index in [9.17, 15) is 9.59 Å².